The predicted octanol–water partition coefficient (Wildman–Crippen LogP) is 2.59. The van der Waals surface area contributed by atoms with Crippen LogP contribution in [0.4, 0.5) is 4.79 Å². The highest BCUT2D eigenvalue weighted by molar-refractivity contribution is 6.45. The quantitative estimate of drug-likeness (QED) is 0.357. The molecule has 3 heterocycles. The molecule has 0 saturated carbocycles. The summed E-state index contributed by atoms with van der Waals surface area (Å²) < 4.78 is 10.9. The van der Waals surface area contributed by atoms with Crippen LogP contribution in [0, 0.1) is 0 Å². The van der Waals surface area contributed by atoms with Gasteiger partial charge in [-0.1, -0.05) is 18.2 Å². The van der Waals surface area contributed by atoms with Gasteiger partial charge in [0.2, 0.25) is 0 Å². The van der Waals surface area contributed by atoms with E-state index in [0.29, 0.717) is 35.4 Å². The Labute approximate surface area is 220 Å². The van der Waals surface area contributed by atoms with Crippen LogP contribution in [-0.4, -0.2) is 101 Å². The van der Waals surface area contributed by atoms with Crippen molar-refractivity contribution in [1.29, 1.82) is 0 Å². The number of ketones is 1. The molecule has 200 valence electrons. The van der Waals surface area contributed by atoms with E-state index in [1.165, 1.54) is 29.3 Å². The second kappa shape index (κ2) is 11.8. The van der Waals surface area contributed by atoms with Crippen molar-refractivity contribution in [1.82, 2.24) is 24.7 Å². The van der Waals surface area contributed by atoms with Crippen LogP contribution in [0.3, 0.4) is 0 Å². The second-order valence-electron chi connectivity index (χ2n) is 8.79. The molecule has 11 heteroatoms. The number of Topliss-reactive ketones (excluding diaryl/α,β-unsaturated/α-hetero) is 1. The van der Waals surface area contributed by atoms with Gasteiger partial charge in [0.15, 0.2) is 0 Å². The number of benzene rings is 1. The van der Waals surface area contributed by atoms with E-state index in [1.807, 2.05) is 19.9 Å². The van der Waals surface area contributed by atoms with Crippen LogP contribution in [0.1, 0.15) is 34.6 Å². The lowest BCUT2D eigenvalue weighted by molar-refractivity contribution is -0.132. The first kappa shape index (κ1) is 26.6. The Kier molecular flexibility index (Phi) is 8.25. The number of pyridine rings is 1. The van der Waals surface area contributed by atoms with Crippen molar-refractivity contribution in [3.63, 3.8) is 0 Å². The largest absolute Gasteiger partial charge is 0.496 e. The highest BCUT2D eigenvalue weighted by Gasteiger charge is 2.37. The van der Waals surface area contributed by atoms with Crippen LogP contribution in [0.15, 0.2) is 48.8 Å². The minimum absolute atomic E-state index is 0.106. The van der Waals surface area contributed by atoms with Crippen molar-refractivity contribution in [2.45, 2.75) is 19.9 Å². The van der Waals surface area contributed by atoms with E-state index in [1.54, 1.807) is 35.2 Å². The molecule has 3 aromatic rings. The summed E-state index contributed by atoms with van der Waals surface area (Å²) >= 11 is 0. The summed E-state index contributed by atoms with van der Waals surface area (Å²) in [5.41, 5.74) is 1.07. The molecular formula is C27H31N5O6. The van der Waals surface area contributed by atoms with Crippen molar-refractivity contribution in [2.24, 2.45) is 0 Å². The van der Waals surface area contributed by atoms with Crippen molar-refractivity contribution < 1.29 is 28.7 Å². The summed E-state index contributed by atoms with van der Waals surface area (Å²) in [6.07, 6.45) is 2.45. The number of H-pyrrole nitrogens is 1. The summed E-state index contributed by atoms with van der Waals surface area (Å²) in [6.45, 7) is 4.89. The summed E-state index contributed by atoms with van der Waals surface area (Å²) in [7, 11) is 1.47. The Morgan fingerprint density at radius 2 is 1.82 bits per heavy atom. The standard InChI is InChI=1S/C27H31N5O6/c1-4-30(5-2)27(36)38-17-19-16-31(25(34)18-9-7-6-8-10-18)13-14-32(19)26(35)23(33)20-15-29-24-22(20)21(37-3)11-12-28-24/h6-12,15,19H,4-5,13-14,16-17H2,1-3H3,(H,28,29)/t19-/m1/s1. The van der Waals surface area contributed by atoms with E-state index in [9.17, 15) is 19.2 Å². The number of aromatic amines is 1. The predicted molar refractivity (Wildman–Crippen MR) is 139 cm³/mol. The van der Waals surface area contributed by atoms with E-state index in [-0.39, 0.29) is 37.7 Å². The van der Waals surface area contributed by atoms with Crippen molar-refractivity contribution >= 4 is 34.7 Å². The SMILES string of the molecule is CCN(CC)C(=O)OC[C@H]1CN(C(=O)c2ccccc2)CCN1C(=O)C(=O)c1c[nH]c2nccc(OC)c12. The fraction of sp³-hybridized carbons (Fsp3) is 0.370. The maximum absolute atomic E-state index is 13.5. The number of methoxy groups -OCH3 is 1. The average molecular weight is 522 g/mol. The van der Waals surface area contributed by atoms with Gasteiger partial charge in [-0.2, -0.15) is 0 Å². The molecule has 0 bridgehead atoms. The lowest BCUT2D eigenvalue weighted by Crippen LogP contribution is -2.59. The molecule has 4 rings (SSSR count). The first-order valence-corrected chi connectivity index (χ1v) is 12.5. The molecule has 1 fully saturated rings. The smallest absolute Gasteiger partial charge is 0.409 e. The molecule has 1 aromatic carbocycles. The number of ether oxygens (including phenoxy) is 2. The molecule has 38 heavy (non-hydrogen) atoms. The molecule has 0 aliphatic carbocycles. The third-order valence-electron chi connectivity index (χ3n) is 6.67. The molecule has 1 aliphatic rings. The zero-order valence-electron chi connectivity index (χ0n) is 21.7. The lowest BCUT2D eigenvalue weighted by atomic mass is 10.1. The fourth-order valence-electron chi connectivity index (χ4n) is 4.57. The number of carbonyl (C=O) groups excluding carboxylic acids is 4. The van der Waals surface area contributed by atoms with Gasteiger partial charge in [0.25, 0.3) is 17.6 Å². The normalized spacial score (nSPS) is 15.3. The number of fused-ring (bicyclic) bond motifs is 1. The molecular weight excluding hydrogens is 490 g/mol. The highest BCUT2D eigenvalue weighted by Crippen LogP contribution is 2.28. The lowest BCUT2D eigenvalue weighted by Gasteiger charge is -2.41. The minimum Gasteiger partial charge on any atom is -0.496 e. The molecule has 2 aromatic heterocycles. The molecule has 0 radical (unpaired) electrons. The van der Waals surface area contributed by atoms with Crippen molar-refractivity contribution in [2.75, 3.05) is 46.4 Å². The number of amides is 3. The zero-order valence-corrected chi connectivity index (χ0v) is 21.7. The number of carbonyl (C=O) groups is 4. The second-order valence-corrected chi connectivity index (χ2v) is 8.79. The number of nitrogens with zero attached hydrogens (tertiary/aromatic N) is 4. The average Bonchev–Trinajstić information content (AvgIpc) is 3.40. The highest BCUT2D eigenvalue weighted by atomic mass is 16.6. The molecule has 0 spiro atoms. The van der Waals surface area contributed by atoms with E-state index >= 15 is 0 Å². The molecule has 11 nitrogen and oxygen atoms in total. The topological polar surface area (TPSA) is 125 Å². The van der Waals surface area contributed by atoms with E-state index in [4.69, 9.17) is 9.47 Å². The fourth-order valence-corrected chi connectivity index (χ4v) is 4.57. The maximum atomic E-state index is 13.5. The summed E-state index contributed by atoms with van der Waals surface area (Å²) in [4.78, 5) is 64.2. The Morgan fingerprint density at radius 3 is 2.50 bits per heavy atom. The first-order chi connectivity index (χ1) is 18.4. The number of aromatic nitrogens is 2. The number of hydrogen-bond acceptors (Lipinski definition) is 7. The van der Waals surface area contributed by atoms with Gasteiger partial charge in [-0.3, -0.25) is 14.4 Å². The van der Waals surface area contributed by atoms with Crippen LogP contribution in [0.5, 0.6) is 5.75 Å². The Balaban J connectivity index is 1.58. The Morgan fingerprint density at radius 1 is 1.08 bits per heavy atom. The van der Waals surface area contributed by atoms with Crippen LogP contribution in [-0.2, 0) is 9.53 Å². The number of nitrogens with one attached hydrogen (secondary N) is 1. The number of piperazine rings is 1. The third-order valence-corrected chi connectivity index (χ3v) is 6.67. The third kappa shape index (κ3) is 5.31. The van der Waals surface area contributed by atoms with Crippen LogP contribution < -0.4 is 4.74 Å². The van der Waals surface area contributed by atoms with Gasteiger partial charge in [-0.25, -0.2) is 9.78 Å². The molecule has 1 saturated heterocycles. The van der Waals surface area contributed by atoms with Crippen molar-refractivity contribution in [3.05, 3.63) is 59.9 Å². The zero-order chi connectivity index (χ0) is 27.2. The van der Waals surface area contributed by atoms with E-state index in [0.717, 1.165) is 0 Å². The monoisotopic (exact) mass is 521 g/mol. The molecule has 1 atom stereocenters. The first-order valence-electron chi connectivity index (χ1n) is 12.5. The molecule has 1 aliphatic heterocycles. The molecule has 1 N–H and O–H groups in total. The Hall–Kier alpha value is -4.41. The van der Waals surface area contributed by atoms with Crippen LogP contribution >= 0.6 is 0 Å². The van der Waals surface area contributed by atoms with Gasteiger partial charge in [-0.05, 0) is 32.0 Å². The van der Waals surface area contributed by atoms with Gasteiger partial charge in [0.05, 0.1) is 24.1 Å². The molecule has 3 amide bonds. The van der Waals surface area contributed by atoms with Gasteiger partial charge < -0.3 is 29.2 Å². The summed E-state index contributed by atoms with van der Waals surface area (Å²) in [5.74, 6) is -1.29. The van der Waals surface area contributed by atoms with Gasteiger partial charge in [0.1, 0.15) is 18.0 Å². The summed E-state index contributed by atoms with van der Waals surface area (Å²) in [5, 5.41) is 0.413. The Bertz CT molecular complexity index is 1320. The minimum atomic E-state index is -0.757. The van der Waals surface area contributed by atoms with Crippen molar-refractivity contribution in [3.8, 4) is 5.75 Å². The van der Waals surface area contributed by atoms with Gasteiger partial charge in [-0.15, -0.1) is 0 Å². The summed E-state index contributed by atoms with van der Waals surface area (Å²) in [6, 6.07) is 9.72. The van der Waals surface area contributed by atoms with Crippen LogP contribution in [0.2, 0.25) is 0 Å². The van der Waals surface area contributed by atoms with Gasteiger partial charge >= 0.3 is 6.09 Å². The van der Waals surface area contributed by atoms with Crippen LogP contribution in [0.25, 0.3) is 11.0 Å². The maximum Gasteiger partial charge on any atom is 0.409 e. The number of rotatable bonds is 8. The number of hydrogen-bond donors (Lipinski definition) is 1. The van der Waals surface area contributed by atoms with E-state index < -0.39 is 23.8 Å². The molecule has 0 unspecified atom stereocenters. The van der Waals surface area contributed by atoms with Gasteiger partial charge in [0, 0.05) is 50.7 Å². The van der Waals surface area contributed by atoms with E-state index in [2.05, 4.69) is 9.97 Å².